The zero-order valence-corrected chi connectivity index (χ0v) is 16.0. The zero-order valence-electron chi connectivity index (χ0n) is 15.1. The van der Waals surface area contributed by atoms with Gasteiger partial charge in [0, 0.05) is 20.6 Å². The molecule has 0 aromatic carbocycles. The van der Waals surface area contributed by atoms with E-state index in [1.54, 1.807) is 0 Å². The minimum Gasteiger partial charge on any atom is -0.481 e. The summed E-state index contributed by atoms with van der Waals surface area (Å²) in [5, 5.41) is 8.08. The standard InChI is InChI=1S/C9H15O8P.C5H10O2/c1-13-8(10)5-7(6-9(11)14-2)17-18(12,15-3)16-4;1-4(2)3-5(6)7/h5H,6H2,1-4H3;4H,3H2,1-2H3,(H,6,7)/b7-5-;. The Kier molecular flexibility index (Phi) is 13.6. The number of hydrogen-bond donors (Lipinski definition) is 1. The lowest BCUT2D eigenvalue weighted by Gasteiger charge is -2.15. The lowest BCUT2D eigenvalue weighted by Crippen LogP contribution is -2.07. The van der Waals surface area contributed by atoms with Gasteiger partial charge in [-0.15, -0.1) is 0 Å². The van der Waals surface area contributed by atoms with Crippen LogP contribution in [0.15, 0.2) is 11.8 Å². The fourth-order valence-electron chi connectivity index (χ4n) is 1.16. The van der Waals surface area contributed by atoms with E-state index in [4.69, 9.17) is 9.63 Å². The fraction of sp³-hybridized carbons (Fsp3) is 0.643. The molecule has 0 saturated carbocycles. The smallest absolute Gasteiger partial charge is 0.481 e. The molecule has 0 amide bonds. The van der Waals surface area contributed by atoms with E-state index >= 15 is 0 Å². The Morgan fingerprint density at radius 1 is 1.04 bits per heavy atom. The second-order valence-corrected chi connectivity index (χ2v) is 6.59. The summed E-state index contributed by atoms with van der Waals surface area (Å²) in [6.07, 6.45) is 0.712. The second-order valence-electron chi connectivity index (χ2n) is 4.78. The number of carbonyl (C=O) groups is 3. The van der Waals surface area contributed by atoms with Gasteiger partial charge >= 0.3 is 25.7 Å². The molecule has 10 nitrogen and oxygen atoms in total. The first kappa shape index (κ1) is 25.3. The summed E-state index contributed by atoms with van der Waals surface area (Å²) in [4.78, 5) is 32.0. The summed E-state index contributed by atoms with van der Waals surface area (Å²) in [5.41, 5.74) is 0. The third-order valence-corrected chi connectivity index (χ3v) is 3.64. The number of rotatable bonds is 9. The molecule has 0 atom stereocenters. The summed E-state index contributed by atoms with van der Waals surface area (Å²) in [6.45, 7) is 3.77. The van der Waals surface area contributed by atoms with E-state index in [1.807, 2.05) is 13.8 Å². The van der Waals surface area contributed by atoms with Crippen molar-refractivity contribution in [3.8, 4) is 0 Å². The molecule has 0 aromatic heterocycles. The predicted molar refractivity (Wildman–Crippen MR) is 86.5 cm³/mol. The van der Waals surface area contributed by atoms with Crippen molar-refractivity contribution in [1.29, 1.82) is 0 Å². The monoisotopic (exact) mass is 384 g/mol. The highest BCUT2D eigenvalue weighted by Gasteiger charge is 2.27. The van der Waals surface area contributed by atoms with Crippen molar-refractivity contribution < 1.29 is 47.1 Å². The van der Waals surface area contributed by atoms with Crippen LogP contribution in [0.2, 0.25) is 0 Å². The van der Waals surface area contributed by atoms with E-state index in [-0.39, 0.29) is 18.1 Å². The van der Waals surface area contributed by atoms with Crippen molar-refractivity contribution in [3.05, 3.63) is 11.8 Å². The zero-order chi connectivity index (χ0) is 20.0. The largest absolute Gasteiger partial charge is 0.529 e. The van der Waals surface area contributed by atoms with Crippen LogP contribution in [0, 0.1) is 5.92 Å². The quantitative estimate of drug-likeness (QED) is 0.272. The maximum Gasteiger partial charge on any atom is 0.529 e. The Labute approximate surface area is 146 Å². The van der Waals surface area contributed by atoms with Crippen LogP contribution >= 0.6 is 7.82 Å². The summed E-state index contributed by atoms with van der Waals surface area (Å²) in [5.74, 6) is -2.16. The number of ether oxygens (including phenoxy) is 2. The summed E-state index contributed by atoms with van der Waals surface area (Å²) in [7, 11) is 0.633. The molecule has 0 spiro atoms. The molecule has 146 valence electrons. The molecule has 1 N–H and O–H groups in total. The molecule has 0 aromatic rings. The van der Waals surface area contributed by atoms with E-state index in [2.05, 4.69) is 18.5 Å². The van der Waals surface area contributed by atoms with Gasteiger partial charge in [-0.2, -0.15) is 0 Å². The number of carboxylic acids is 1. The first-order valence-electron chi connectivity index (χ1n) is 7.01. The number of aliphatic carboxylic acids is 1. The van der Waals surface area contributed by atoms with Gasteiger partial charge in [-0.1, -0.05) is 13.8 Å². The van der Waals surface area contributed by atoms with E-state index in [0.29, 0.717) is 0 Å². The number of hydrogen-bond acceptors (Lipinski definition) is 9. The highest BCUT2D eigenvalue weighted by Crippen LogP contribution is 2.50. The molecule has 25 heavy (non-hydrogen) atoms. The van der Waals surface area contributed by atoms with Gasteiger partial charge in [0.25, 0.3) is 0 Å². The van der Waals surface area contributed by atoms with E-state index in [9.17, 15) is 18.9 Å². The van der Waals surface area contributed by atoms with Crippen molar-refractivity contribution in [1.82, 2.24) is 0 Å². The number of carbonyl (C=O) groups excluding carboxylic acids is 2. The van der Waals surface area contributed by atoms with Crippen LogP contribution < -0.4 is 0 Å². The summed E-state index contributed by atoms with van der Waals surface area (Å²) < 4.78 is 34.3. The van der Waals surface area contributed by atoms with Crippen LogP contribution in [0.5, 0.6) is 0 Å². The van der Waals surface area contributed by atoms with Crippen molar-refractivity contribution in [3.63, 3.8) is 0 Å². The first-order valence-corrected chi connectivity index (χ1v) is 8.47. The fourth-order valence-corrected chi connectivity index (χ4v) is 1.86. The molecular formula is C14H25O10P. The van der Waals surface area contributed by atoms with Crippen LogP contribution in [-0.2, 0) is 42.0 Å². The Morgan fingerprint density at radius 2 is 1.56 bits per heavy atom. The van der Waals surface area contributed by atoms with Crippen LogP contribution in [-0.4, -0.2) is 51.5 Å². The molecule has 0 saturated heterocycles. The van der Waals surface area contributed by atoms with Crippen molar-refractivity contribution in [2.45, 2.75) is 26.7 Å². The molecule has 0 bridgehead atoms. The van der Waals surface area contributed by atoms with E-state index < -0.39 is 32.2 Å². The number of phosphoric ester groups is 1. The molecule has 0 unspecified atom stereocenters. The second kappa shape index (κ2) is 13.4. The van der Waals surface area contributed by atoms with E-state index in [1.165, 1.54) is 0 Å². The van der Waals surface area contributed by atoms with Crippen LogP contribution in [0.1, 0.15) is 26.7 Å². The summed E-state index contributed by atoms with van der Waals surface area (Å²) >= 11 is 0. The van der Waals surface area contributed by atoms with Crippen molar-refractivity contribution in [2.24, 2.45) is 5.92 Å². The predicted octanol–water partition coefficient (Wildman–Crippen LogP) is 2.14. The minimum atomic E-state index is -3.85. The first-order chi connectivity index (χ1) is 11.5. The Balaban J connectivity index is 0. The van der Waals surface area contributed by atoms with Gasteiger partial charge in [0.2, 0.25) is 0 Å². The van der Waals surface area contributed by atoms with Gasteiger partial charge in [0.15, 0.2) is 0 Å². The molecule has 0 rings (SSSR count). The summed E-state index contributed by atoms with van der Waals surface area (Å²) in [6, 6.07) is 0. The molecule has 0 aliphatic rings. The van der Waals surface area contributed by atoms with Gasteiger partial charge in [-0.3, -0.25) is 18.6 Å². The van der Waals surface area contributed by atoms with Gasteiger partial charge < -0.3 is 19.1 Å². The maximum atomic E-state index is 11.7. The Hall–Kier alpha value is -1.90. The van der Waals surface area contributed by atoms with Crippen LogP contribution in [0.3, 0.4) is 0 Å². The van der Waals surface area contributed by atoms with Crippen LogP contribution in [0.4, 0.5) is 0 Å². The molecule has 0 aliphatic heterocycles. The number of methoxy groups -OCH3 is 2. The molecule has 0 fully saturated rings. The molecule has 0 radical (unpaired) electrons. The maximum absolute atomic E-state index is 11.7. The van der Waals surface area contributed by atoms with E-state index in [0.717, 1.165) is 34.5 Å². The lowest BCUT2D eigenvalue weighted by atomic mass is 10.1. The topological polar surface area (TPSA) is 135 Å². The van der Waals surface area contributed by atoms with Crippen LogP contribution in [0.25, 0.3) is 0 Å². The SMILES string of the molecule is CC(C)CC(=O)O.COC(=O)/C=C(/CC(=O)OC)OP(=O)(OC)OC. The highest BCUT2D eigenvalue weighted by molar-refractivity contribution is 7.48. The van der Waals surface area contributed by atoms with Crippen molar-refractivity contribution >= 4 is 25.7 Å². The third-order valence-electron chi connectivity index (χ3n) is 2.29. The Bertz CT molecular complexity index is 504. The molecular weight excluding hydrogens is 359 g/mol. The van der Waals surface area contributed by atoms with Gasteiger partial charge in [0.1, 0.15) is 12.2 Å². The average Bonchev–Trinajstić information content (AvgIpc) is 2.53. The average molecular weight is 384 g/mol. The van der Waals surface area contributed by atoms with Gasteiger partial charge in [-0.05, 0) is 5.92 Å². The number of esters is 2. The van der Waals surface area contributed by atoms with Gasteiger partial charge in [-0.25, -0.2) is 9.36 Å². The Morgan fingerprint density at radius 3 is 1.84 bits per heavy atom. The molecule has 0 heterocycles. The number of phosphoric acid groups is 1. The normalized spacial score (nSPS) is 11.2. The molecule has 0 aliphatic carbocycles. The lowest BCUT2D eigenvalue weighted by molar-refractivity contribution is -0.140. The van der Waals surface area contributed by atoms with Gasteiger partial charge in [0.05, 0.1) is 20.3 Å². The highest BCUT2D eigenvalue weighted by atomic mass is 31.2. The number of carboxylic acid groups (broad SMARTS) is 1. The third kappa shape index (κ3) is 14.2. The minimum absolute atomic E-state index is 0.249. The molecule has 11 heteroatoms. The van der Waals surface area contributed by atoms with Crippen molar-refractivity contribution in [2.75, 3.05) is 28.4 Å².